The summed E-state index contributed by atoms with van der Waals surface area (Å²) in [4.78, 5) is 14.2. The summed E-state index contributed by atoms with van der Waals surface area (Å²) < 4.78 is 0. The van der Waals surface area contributed by atoms with E-state index < -0.39 is 0 Å². The minimum absolute atomic E-state index is 0.329. The van der Waals surface area contributed by atoms with Crippen molar-refractivity contribution >= 4 is 17.7 Å². The molecule has 1 fully saturated rings. The van der Waals surface area contributed by atoms with Crippen LogP contribution in [0.2, 0.25) is 0 Å². The number of rotatable bonds is 4. The molecule has 0 aromatic rings. The topological polar surface area (TPSA) is 20.3 Å². The molecular formula is C16H31NOS. The minimum atomic E-state index is 0.329. The molecule has 112 valence electrons. The molecule has 0 bridgehead atoms. The van der Waals surface area contributed by atoms with E-state index in [1.807, 2.05) is 11.8 Å². The monoisotopic (exact) mass is 285 g/mol. The maximum absolute atomic E-state index is 12.2. The van der Waals surface area contributed by atoms with E-state index in [0.29, 0.717) is 29.1 Å². The van der Waals surface area contributed by atoms with Crippen molar-refractivity contribution in [2.75, 3.05) is 24.6 Å². The van der Waals surface area contributed by atoms with Crippen molar-refractivity contribution in [1.82, 2.24) is 4.90 Å². The number of amides is 1. The van der Waals surface area contributed by atoms with E-state index in [-0.39, 0.29) is 0 Å². The Hall–Kier alpha value is -0.180. The van der Waals surface area contributed by atoms with Crippen molar-refractivity contribution in [2.24, 2.45) is 16.7 Å². The van der Waals surface area contributed by atoms with Crippen LogP contribution in [0.3, 0.4) is 0 Å². The SMILES string of the molecule is CC(C)(C)CSCCC(=O)N1CC[C@H](C(C)(C)C)C1. The van der Waals surface area contributed by atoms with Crippen LogP contribution < -0.4 is 0 Å². The van der Waals surface area contributed by atoms with Crippen molar-refractivity contribution in [3.63, 3.8) is 0 Å². The van der Waals surface area contributed by atoms with Crippen molar-refractivity contribution in [2.45, 2.75) is 54.4 Å². The second-order valence-corrected chi connectivity index (χ2v) is 9.16. The quantitative estimate of drug-likeness (QED) is 0.726. The van der Waals surface area contributed by atoms with Gasteiger partial charge in [-0.05, 0) is 28.9 Å². The second kappa shape index (κ2) is 6.51. The highest BCUT2D eigenvalue weighted by Crippen LogP contribution is 2.33. The Kier molecular flexibility index (Phi) is 5.78. The number of hydrogen-bond donors (Lipinski definition) is 0. The van der Waals surface area contributed by atoms with Crippen LogP contribution in [-0.2, 0) is 4.79 Å². The third-order valence-electron chi connectivity index (χ3n) is 3.76. The van der Waals surface area contributed by atoms with Crippen LogP contribution in [0.1, 0.15) is 54.4 Å². The molecule has 0 aromatic carbocycles. The molecule has 1 amide bonds. The average Bonchev–Trinajstić information content (AvgIpc) is 2.71. The van der Waals surface area contributed by atoms with Gasteiger partial charge in [0.1, 0.15) is 0 Å². The van der Waals surface area contributed by atoms with Gasteiger partial charge in [0.25, 0.3) is 0 Å². The van der Waals surface area contributed by atoms with Gasteiger partial charge in [0.05, 0.1) is 0 Å². The highest BCUT2D eigenvalue weighted by molar-refractivity contribution is 7.99. The zero-order chi connectivity index (χ0) is 14.7. The molecule has 0 saturated carbocycles. The number of carbonyl (C=O) groups is 1. The zero-order valence-corrected chi connectivity index (χ0v) is 14.4. The van der Waals surface area contributed by atoms with E-state index in [4.69, 9.17) is 0 Å². The second-order valence-electron chi connectivity index (χ2n) is 8.05. The molecule has 2 nitrogen and oxygen atoms in total. The van der Waals surface area contributed by atoms with E-state index in [0.717, 1.165) is 24.6 Å². The van der Waals surface area contributed by atoms with Crippen LogP contribution in [0, 0.1) is 16.7 Å². The lowest BCUT2D eigenvalue weighted by atomic mass is 9.80. The summed E-state index contributed by atoms with van der Waals surface area (Å²) >= 11 is 1.91. The van der Waals surface area contributed by atoms with Gasteiger partial charge in [-0.3, -0.25) is 4.79 Å². The zero-order valence-electron chi connectivity index (χ0n) is 13.6. The number of hydrogen-bond acceptors (Lipinski definition) is 2. The molecule has 1 aliphatic rings. The summed E-state index contributed by atoms with van der Waals surface area (Å²) in [7, 11) is 0. The summed E-state index contributed by atoms with van der Waals surface area (Å²) in [5.74, 6) is 3.12. The Morgan fingerprint density at radius 2 is 1.84 bits per heavy atom. The number of nitrogens with zero attached hydrogens (tertiary/aromatic N) is 1. The van der Waals surface area contributed by atoms with E-state index in [9.17, 15) is 4.79 Å². The van der Waals surface area contributed by atoms with Gasteiger partial charge in [-0.25, -0.2) is 0 Å². The van der Waals surface area contributed by atoms with Gasteiger partial charge in [0.2, 0.25) is 5.91 Å². The Balaban J connectivity index is 2.25. The van der Waals surface area contributed by atoms with E-state index >= 15 is 0 Å². The van der Waals surface area contributed by atoms with E-state index in [1.165, 1.54) is 6.42 Å². The van der Waals surface area contributed by atoms with Gasteiger partial charge in [0.15, 0.2) is 0 Å². The van der Waals surface area contributed by atoms with Crippen LogP contribution in [0.4, 0.5) is 0 Å². The lowest BCUT2D eigenvalue weighted by Gasteiger charge is -2.27. The summed E-state index contributed by atoms with van der Waals surface area (Å²) in [5, 5.41) is 0. The minimum Gasteiger partial charge on any atom is -0.342 e. The molecule has 19 heavy (non-hydrogen) atoms. The molecule has 0 N–H and O–H groups in total. The van der Waals surface area contributed by atoms with Crippen LogP contribution >= 0.6 is 11.8 Å². The van der Waals surface area contributed by atoms with Crippen LogP contribution in [0.5, 0.6) is 0 Å². The normalized spacial score (nSPS) is 20.9. The summed E-state index contributed by atoms with van der Waals surface area (Å²) in [6, 6.07) is 0. The number of likely N-dealkylation sites (tertiary alicyclic amines) is 1. The highest BCUT2D eigenvalue weighted by Gasteiger charge is 2.33. The highest BCUT2D eigenvalue weighted by atomic mass is 32.2. The number of thioether (sulfide) groups is 1. The predicted octanol–water partition coefficient (Wildman–Crippen LogP) is 4.05. The third-order valence-corrected chi connectivity index (χ3v) is 5.32. The molecule has 0 spiro atoms. The van der Waals surface area contributed by atoms with Crippen molar-refractivity contribution in [3.8, 4) is 0 Å². The van der Waals surface area contributed by atoms with Crippen LogP contribution in [0.15, 0.2) is 0 Å². The van der Waals surface area contributed by atoms with Gasteiger partial charge >= 0.3 is 0 Å². The lowest BCUT2D eigenvalue weighted by molar-refractivity contribution is -0.129. The summed E-state index contributed by atoms with van der Waals surface area (Å²) in [6.45, 7) is 15.5. The molecular weight excluding hydrogens is 254 g/mol. The first-order chi connectivity index (χ1) is 8.59. The average molecular weight is 285 g/mol. The Morgan fingerprint density at radius 3 is 2.32 bits per heavy atom. The largest absolute Gasteiger partial charge is 0.342 e. The molecule has 0 unspecified atom stereocenters. The Bertz CT molecular complexity index is 301. The van der Waals surface area contributed by atoms with Crippen LogP contribution in [0.25, 0.3) is 0 Å². The first-order valence-corrected chi connectivity index (χ1v) is 8.60. The van der Waals surface area contributed by atoms with Gasteiger partial charge in [-0.2, -0.15) is 11.8 Å². The molecule has 1 saturated heterocycles. The van der Waals surface area contributed by atoms with Gasteiger partial charge in [0, 0.05) is 25.3 Å². The fourth-order valence-corrected chi connectivity index (χ4v) is 3.47. The first kappa shape index (κ1) is 16.9. The van der Waals surface area contributed by atoms with E-state index in [1.54, 1.807) is 0 Å². The van der Waals surface area contributed by atoms with E-state index in [2.05, 4.69) is 46.4 Å². The number of carbonyl (C=O) groups excluding carboxylic acids is 1. The molecule has 3 heteroatoms. The van der Waals surface area contributed by atoms with Crippen molar-refractivity contribution in [1.29, 1.82) is 0 Å². The molecule has 1 rings (SSSR count). The summed E-state index contributed by atoms with van der Waals surface area (Å²) in [6.07, 6.45) is 1.88. The molecule has 1 heterocycles. The van der Waals surface area contributed by atoms with Gasteiger partial charge < -0.3 is 4.90 Å². The first-order valence-electron chi connectivity index (χ1n) is 7.45. The maximum atomic E-state index is 12.2. The van der Waals surface area contributed by atoms with Gasteiger partial charge in [-0.15, -0.1) is 0 Å². The Labute approximate surface area is 123 Å². The van der Waals surface area contributed by atoms with Crippen molar-refractivity contribution in [3.05, 3.63) is 0 Å². The van der Waals surface area contributed by atoms with Crippen LogP contribution in [-0.4, -0.2) is 35.4 Å². The fourth-order valence-electron chi connectivity index (χ4n) is 2.39. The fraction of sp³-hybridized carbons (Fsp3) is 0.938. The molecule has 1 aliphatic heterocycles. The van der Waals surface area contributed by atoms with Gasteiger partial charge in [-0.1, -0.05) is 41.5 Å². The molecule has 1 atom stereocenters. The van der Waals surface area contributed by atoms with Crippen molar-refractivity contribution < 1.29 is 4.79 Å². The molecule has 0 aromatic heterocycles. The molecule has 0 aliphatic carbocycles. The standard InChI is InChI=1S/C16H31NOS/c1-15(2,3)12-19-10-8-14(18)17-9-7-13(11-17)16(4,5)6/h13H,7-12H2,1-6H3/t13-/m0/s1. The smallest absolute Gasteiger partial charge is 0.223 e. The molecule has 0 radical (unpaired) electrons. The maximum Gasteiger partial charge on any atom is 0.223 e. The Morgan fingerprint density at radius 1 is 1.21 bits per heavy atom. The third kappa shape index (κ3) is 6.20. The summed E-state index contributed by atoms with van der Waals surface area (Å²) in [5.41, 5.74) is 0.689. The lowest BCUT2D eigenvalue weighted by Crippen LogP contribution is -2.31. The predicted molar refractivity (Wildman–Crippen MR) is 85.5 cm³/mol.